The summed E-state index contributed by atoms with van der Waals surface area (Å²) in [6.07, 6.45) is 1.40. The zero-order valence-corrected chi connectivity index (χ0v) is 15.4. The monoisotopic (exact) mass is 360 g/mol. The van der Waals surface area contributed by atoms with Crippen LogP contribution in [0.2, 0.25) is 0 Å². The van der Waals surface area contributed by atoms with Gasteiger partial charge in [-0.1, -0.05) is 29.8 Å². The highest BCUT2D eigenvalue weighted by atomic mass is 16.5. The minimum atomic E-state index is -0.514. The van der Waals surface area contributed by atoms with Gasteiger partial charge in [-0.2, -0.15) is 0 Å². The number of nitrogens with zero attached hydrogens (tertiary/aromatic N) is 2. The zero-order chi connectivity index (χ0) is 19.1. The van der Waals surface area contributed by atoms with Gasteiger partial charge in [0, 0.05) is 22.8 Å². The minimum Gasteiger partial charge on any atom is -0.453 e. The molecule has 0 spiro atoms. The summed E-state index contributed by atoms with van der Waals surface area (Å²) in [4.78, 5) is 16.4. The molecule has 6 heteroatoms. The Kier molecular flexibility index (Phi) is 3.96. The van der Waals surface area contributed by atoms with Crippen molar-refractivity contribution < 1.29 is 9.53 Å². The van der Waals surface area contributed by atoms with E-state index in [9.17, 15) is 4.79 Å². The Balaban J connectivity index is 1.93. The molecule has 4 rings (SSSR count). The molecule has 4 aromatic rings. The first-order valence-electron chi connectivity index (χ1n) is 8.61. The maximum Gasteiger partial charge on any atom is 0.411 e. The van der Waals surface area contributed by atoms with E-state index in [0.29, 0.717) is 11.5 Å². The van der Waals surface area contributed by atoms with Gasteiger partial charge >= 0.3 is 6.09 Å². The first-order chi connectivity index (χ1) is 13.0. The van der Waals surface area contributed by atoms with Gasteiger partial charge in [0.1, 0.15) is 17.2 Å². The number of carbonyl (C=O) groups excluding carboxylic acids is 1. The van der Waals surface area contributed by atoms with Crippen LogP contribution in [0.3, 0.4) is 0 Å². The van der Waals surface area contributed by atoms with Gasteiger partial charge in [0.05, 0.1) is 7.11 Å². The number of imidazole rings is 1. The first-order valence-corrected chi connectivity index (χ1v) is 8.61. The van der Waals surface area contributed by atoms with E-state index in [2.05, 4.69) is 42.1 Å². The third-order valence-electron chi connectivity index (χ3n) is 4.71. The molecule has 0 aliphatic rings. The summed E-state index contributed by atoms with van der Waals surface area (Å²) in [6, 6.07) is 13.8. The average molecular weight is 360 g/mol. The molecule has 6 nitrogen and oxygen atoms in total. The molecule has 2 heterocycles. The normalized spacial score (nSPS) is 11.1. The fraction of sp³-hybridized carbons (Fsp3) is 0.143. The number of nitrogens with one attached hydrogen (secondary N) is 1. The number of ether oxygens (including phenoxy) is 1. The Bertz CT molecular complexity index is 1190. The number of carbonyl (C=O) groups is 1. The maximum atomic E-state index is 11.5. The van der Waals surface area contributed by atoms with Crippen LogP contribution in [0, 0.1) is 13.8 Å². The van der Waals surface area contributed by atoms with Crippen molar-refractivity contribution in [3.05, 3.63) is 59.8 Å². The molecule has 0 saturated heterocycles. The van der Waals surface area contributed by atoms with Crippen molar-refractivity contribution in [3.63, 3.8) is 0 Å². The van der Waals surface area contributed by atoms with Crippen molar-refractivity contribution in [1.29, 1.82) is 0 Å². The second-order valence-electron chi connectivity index (χ2n) is 6.59. The molecule has 2 aromatic carbocycles. The van der Waals surface area contributed by atoms with Crippen LogP contribution < -0.4 is 11.1 Å². The van der Waals surface area contributed by atoms with Crippen molar-refractivity contribution in [2.45, 2.75) is 13.8 Å². The van der Waals surface area contributed by atoms with Crippen LogP contribution in [-0.4, -0.2) is 22.6 Å². The number of rotatable bonds is 2. The number of aromatic nitrogens is 2. The molecule has 2 aromatic heterocycles. The third-order valence-corrected chi connectivity index (χ3v) is 4.71. The number of nitrogens with two attached hydrogens (primary N) is 1. The summed E-state index contributed by atoms with van der Waals surface area (Å²) >= 11 is 0. The van der Waals surface area contributed by atoms with Crippen LogP contribution in [0.25, 0.3) is 27.7 Å². The molecule has 0 radical (unpaired) electrons. The molecular formula is C21H20N4O2. The van der Waals surface area contributed by atoms with Crippen LogP contribution in [0.4, 0.5) is 16.3 Å². The van der Waals surface area contributed by atoms with Crippen LogP contribution in [0.15, 0.2) is 48.7 Å². The molecule has 0 aliphatic carbocycles. The molecule has 0 atom stereocenters. The zero-order valence-electron chi connectivity index (χ0n) is 15.4. The van der Waals surface area contributed by atoms with Crippen molar-refractivity contribution in [3.8, 4) is 11.3 Å². The van der Waals surface area contributed by atoms with E-state index in [1.54, 1.807) is 0 Å². The Morgan fingerprint density at radius 1 is 1.15 bits per heavy atom. The van der Waals surface area contributed by atoms with E-state index >= 15 is 0 Å². The van der Waals surface area contributed by atoms with Crippen molar-refractivity contribution >= 4 is 34.0 Å². The van der Waals surface area contributed by atoms with Crippen molar-refractivity contribution in [1.82, 2.24) is 9.38 Å². The number of hydrogen-bond acceptors (Lipinski definition) is 4. The first kappa shape index (κ1) is 16.9. The van der Waals surface area contributed by atoms with Gasteiger partial charge in [-0.25, -0.2) is 9.78 Å². The van der Waals surface area contributed by atoms with Gasteiger partial charge in [-0.3, -0.25) is 9.72 Å². The summed E-state index contributed by atoms with van der Waals surface area (Å²) in [5.41, 5.74) is 11.9. The van der Waals surface area contributed by atoms with Gasteiger partial charge in [-0.15, -0.1) is 0 Å². The Morgan fingerprint density at radius 2 is 1.96 bits per heavy atom. The molecule has 0 saturated carbocycles. The van der Waals surface area contributed by atoms with Gasteiger partial charge < -0.3 is 10.5 Å². The van der Waals surface area contributed by atoms with Gasteiger partial charge in [0.2, 0.25) is 0 Å². The van der Waals surface area contributed by atoms with Gasteiger partial charge in [0.25, 0.3) is 0 Å². The SMILES string of the molecule is COC(=O)Nc1ccc2ccn3c(N)c(-c4ccc(C)cc4C)nc3c2c1. The molecule has 0 unspecified atom stereocenters. The highest BCUT2D eigenvalue weighted by Gasteiger charge is 2.15. The van der Waals surface area contributed by atoms with Crippen molar-refractivity contribution in [2.75, 3.05) is 18.2 Å². The highest BCUT2D eigenvalue weighted by molar-refractivity contribution is 6.00. The Labute approximate surface area is 156 Å². The van der Waals surface area contributed by atoms with E-state index in [1.807, 2.05) is 34.9 Å². The molecular weight excluding hydrogens is 340 g/mol. The van der Waals surface area contributed by atoms with E-state index in [1.165, 1.54) is 12.7 Å². The number of amides is 1. The average Bonchev–Trinajstić information content (AvgIpc) is 2.98. The maximum absolute atomic E-state index is 11.5. The number of anilines is 2. The van der Waals surface area contributed by atoms with Crippen LogP contribution >= 0.6 is 0 Å². The molecule has 3 N–H and O–H groups in total. The standard InChI is InChI=1S/C21H20N4O2/c1-12-4-7-16(13(2)10-12)18-19(22)25-9-8-14-5-6-15(23-21(26)27-3)11-17(14)20(25)24-18/h4-11H,22H2,1-3H3,(H,23,26). The number of pyridine rings is 1. The van der Waals surface area contributed by atoms with E-state index in [0.717, 1.165) is 33.2 Å². The lowest BCUT2D eigenvalue weighted by atomic mass is 10.0. The quantitative estimate of drug-likeness (QED) is 0.550. The number of benzene rings is 2. The Morgan fingerprint density at radius 3 is 2.70 bits per heavy atom. The van der Waals surface area contributed by atoms with E-state index < -0.39 is 6.09 Å². The van der Waals surface area contributed by atoms with Gasteiger partial charge in [0.15, 0.2) is 0 Å². The molecule has 0 fully saturated rings. The predicted octanol–water partition coefficient (Wildman–Crippen LogP) is 4.53. The topological polar surface area (TPSA) is 81.6 Å². The van der Waals surface area contributed by atoms with E-state index in [-0.39, 0.29) is 0 Å². The largest absolute Gasteiger partial charge is 0.453 e. The van der Waals surface area contributed by atoms with Crippen LogP contribution in [0.5, 0.6) is 0 Å². The second-order valence-corrected chi connectivity index (χ2v) is 6.59. The number of methoxy groups -OCH3 is 1. The fourth-order valence-corrected chi connectivity index (χ4v) is 3.36. The smallest absolute Gasteiger partial charge is 0.411 e. The van der Waals surface area contributed by atoms with Crippen molar-refractivity contribution in [2.24, 2.45) is 0 Å². The lowest BCUT2D eigenvalue weighted by Gasteiger charge is -2.06. The lowest BCUT2D eigenvalue weighted by molar-refractivity contribution is 0.187. The summed E-state index contributed by atoms with van der Waals surface area (Å²) in [6.45, 7) is 4.12. The molecule has 136 valence electrons. The van der Waals surface area contributed by atoms with E-state index in [4.69, 9.17) is 10.7 Å². The lowest BCUT2D eigenvalue weighted by Crippen LogP contribution is -2.10. The van der Waals surface area contributed by atoms with Crippen LogP contribution in [0.1, 0.15) is 11.1 Å². The number of aryl methyl sites for hydroxylation is 2. The summed E-state index contributed by atoms with van der Waals surface area (Å²) in [5.74, 6) is 0.588. The third kappa shape index (κ3) is 2.85. The molecule has 0 bridgehead atoms. The number of fused-ring (bicyclic) bond motifs is 3. The Hall–Kier alpha value is -3.54. The fourth-order valence-electron chi connectivity index (χ4n) is 3.36. The minimum absolute atomic E-state index is 0.514. The highest BCUT2D eigenvalue weighted by Crippen LogP contribution is 2.32. The van der Waals surface area contributed by atoms with Gasteiger partial charge in [-0.05, 0) is 43.0 Å². The predicted molar refractivity (Wildman–Crippen MR) is 108 cm³/mol. The number of hydrogen-bond donors (Lipinski definition) is 2. The molecule has 27 heavy (non-hydrogen) atoms. The summed E-state index contributed by atoms with van der Waals surface area (Å²) in [5, 5.41) is 4.59. The second kappa shape index (κ2) is 6.32. The molecule has 0 aliphatic heterocycles. The van der Waals surface area contributed by atoms with Crippen LogP contribution in [-0.2, 0) is 4.74 Å². The number of nitrogen functional groups attached to an aromatic ring is 1. The summed E-state index contributed by atoms with van der Waals surface area (Å²) < 4.78 is 6.54. The molecule has 1 amide bonds. The summed E-state index contributed by atoms with van der Waals surface area (Å²) in [7, 11) is 1.33.